The molecule has 0 aromatic heterocycles. The molecule has 2 aromatic rings. The van der Waals surface area contributed by atoms with Crippen molar-refractivity contribution in [2.45, 2.75) is 32.3 Å². The van der Waals surface area contributed by atoms with Crippen LogP contribution in [0.5, 0.6) is 0 Å². The van der Waals surface area contributed by atoms with Gasteiger partial charge in [0.15, 0.2) is 5.96 Å². The third kappa shape index (κ3) is 4.70. The average molecular weight is 437 g/mol. The normalized spacial score (nSPS) is 14.7. The van der Waals surface area contributed by atoms with Crippen molar-refractivity contribution in [1.82, 2.24) is 0 Å². The van der Waals surface area contributed by atoms with E-state index in [1.54, 1.807) is 0 Å². The largest absolute Gasteiger partial charge is 0.386 e. The van der Waals surface area contributed by atoms with Gasteiger partial charge in [0.05, 0.1) is 12.6 Å². The van der Waals surface area contributed by atoms with Crippen molar-refractivity contribution < 1.29 is 5.11 Å². The molecule has 1 aliphatic rings. The summed E-state index contributed by atoms with van der Waals surface area (Å²) in [5.74, 6) is 0.328. The van der Waals surface area contributed by atoms with Gasteiger partial charge in [-0.2, -0.15) is 0 Å². The second-order valence-electron chi connectivity index (χ2n) is 6.11. The summed E-state index contributed by atoms with van der Waals surface area (Å²) in [6.07, 6.45) is 2.89. The van der Waals surface area contributed by atoms with Crippen LogP contribution in [0.4, 0.5) is 5.69 Å². The van der Waals surface area contributed by atoms with Crippen LogP contribution in [0.15, 0.2) is 47.5 Å². The summed E-state index contributed by atoms with van der Waals surface area (Å²) in [5.41, 5.74) is 11.7. The Morgan fingerprint density at radius 3 is 2.62 bits per heavy atom. The van der Waals surface area contributed by atoms with Gasteiger partial charge in [-0.15, -0.1) is 24.0 Å². The number of hydrogen-bond acceptors (Lipinski definition) is 2. The second-order valence-corrected chi connectivity index (χ2v) is 6.11. The lowest BCUT2D eigenvalue weighted by Crippen LogP contribution is -2.23. The SMILES string of the molecule is Cc1ccc(C(O)CN=C(N)Nc2ccc3c(c2)CCC3)cc1.I. The minimum absolute atomic E-state index is 0. The molecule has 5 heteroatoms. The van der Waals surface area contributed by atoms with Crippen LogP contribution in [0, 0.1) is 6.92 Å². The molecule has 2 aromatic carbocycles. The maximum atomic E-state index is 10.2. The minimum Gasteiger partial charge on any atom is -0.386 e. The number of guanidine groups is 1. The van der Waals surface area contributed by atoms with E-state index in [0.29, 0.717) is 5.96 Å². The molecule has 0 heterocycles. The van der Waals surface area contributed by atoms with Crippen LogP contribution in [0.3, 0.4) is 0 Å². The zero-order valence-corrected chi connectivity index (χ0v) is 16.2. The van der Waals surface area contributed by atoms with E-state index < -0.39 is 6.10 Å². The van der Waals surface area contributed by atoms with Gasteiger partial charge in [-0.25, -0.2) is 0 Å². The van der Waals surface area contributed by atoms with Crippen molar-refractivity contribution in [3.8, 4) is 0 Å². The van der Waals surface area contributed by atoms with Crippen LogP contribution in [-0.2, 0) is 12.8 Å². The van der Waals surface area contributed by atoms with Crippen molar-refractivity contribution in [2.75, 3.05) is 11.9 Å². The molecule has 3 rings (SSSR count). The number of halogens is 1. The van der Waals surface area contributed by atoms with Gasteiger partial charge in [-0.1, -0.05) is 35.9 Å². The van der Waals surface area contributed by atoms with Gasteiger partial charge >= 0.3 is 0 Å². The van der Waals surface area contributed by atoms with Crippen molar-refractivity contribution >= 4 is 35.6 Å². The molecule has 0 bridgehead atoms. The fraction of sp³-hybridized carbons (Fsp3) is 0.316. The fourth-order valence-corrected chi connectivity index (χ4v) is 2.92. The van der Waals surface area contributed by atoms with Gasteiger partial charge in [-0.05, 0) is 55.0 Å². The zero-order valence-electron chi connectivity index (χ0n) is 13.8. The van der Waals surface area contributed by atoms with Crippen LogP contribution in [-0.4, -0.2) is 17.6 Å². The first kappa shape index (κ1) is 18.7. The van der Waals surface area contributed by atoms with Gasteiger partial charge in [0, 0.05) is 5.69 Å². The monoisotopic (exact) mass is 437 g/mol. The Balaban J connectivity index is 0.00000208. The van der Waals surface area contributed by atoms with Crippen molar-refractivity contribution in [2.24, 2.45) is 10.7 Å². The quantitative estimate of drug-likeness (QED) is 0.389. The smallest absolute Gasteiger partial charge is 0.193 e. The van der Waals surface area contributed by atoms with Crippen LogP contribution in [0.2, 0.25) is 0 Å². The zero-order chi connectivity index (χ0) is 16.2. The molecule has 0 saturated heterocycles. The van der Waals surface area contributed by atoms with E-state index in [9.17, 15) is 5.11 Å². The summed E-state index contributed by atoms with van der Waals surface area (Å²) in [5, 5.41) is 13.3. The number of hydrogen-bond donors (Lipinski definition) is 3. The Morgan fingerprint density at radius 2 is 1.88 bits per heavy atom. The fourth-order valence-electron chi connectivity index (χ4n) is 2.92. The topological polar surface area (TPSA) is 70.6 Å². The highest BCUT2D eigenvalue weighted by molar-refractivity contribution is 14.0. The Hall–Kier alpha value is -1.60. The standard InChI is InChI=1S/C19H23N3O.HI/c1-13-5-7-15(8-6-13)18(23)12-21-19(20)22-17-10-9-14-3-2-4-16(14)11-17;/h5-11,18,23H,2-4,12H2,1H3,(H3,20,21,22);1H. The summed E-state index contributed by atoms with van der Waals surface area (Å²) >= 11 is 0. The van der Waals surface area contributed by atoms with Gasteiger partial charge < -0.3 is 16.2 Å². The van der Waals surface area contributed by atoms with Crippen molar-refractivity contribution in [1.29, 1.82) is 0 Å². The molecule has 0 aliphatic heterocycles. The molecule has 1 atom stereocenters. The van der Waals surface area contributed by atoms with Gasteiger partial charge in [0.1, 0.15) is 0 Å². The number of anilines is 1. The van der Waals surface area contributed by atoms with Crippen LogP contribution >= 0.6 is 24.0 Å². The molecule has 0 amide bonds. The molecule has 4 nitrogen and oxygen atoms in total. The predicted molar refractivity (Wildman–Crippen MR) is 110 cm³/mol. The first-order chi connectivity index (χ1) is 11.1. The van der Waals surface area contributed by atoms with E-state index in [1.807, 2.05) is 37.3 Å². The van der Waals surface area contributed by atoms with Crippen LogP contribution in [0.1, 0.15) is 34.8 Å². The molecular formula is C19H24IN3O. The second kappa shape index (κ2) is 8.48. The predicted octanol–water partition coefficient (Wildman–Crippen LogP) is 3.56. The van der Waals surface area contributed by atoms with Crippen LogP contribution < -0.4 is 11.1 Å². The van der Waals surface area contributed by atoms with Gasteiger partial charge in [0.25, 0.3) is 0 Å². The highest BCUT2D eigenvalue weighted by Gasteiger charge is 2.11. The Morgan fingerprint density at radius 1 is 1.17 bits per heavy atom. The summed E-state index contributed by atoms with van der Waals surface area (Å²) in [4.78, 5) is 4.25. The molecule has 128 valence electrons. The molecule has 0 saturated carbocycles. The number of aliphatic imine (C=N–C) groups is 1. The highest BCUT2D eigenvalue weighted by atomic mass is 127. The number of aliphatic hydroxyl groups excluding tert-OH is 1. The molecule has 0 radical (unpaired) electrons. The number of fused-ring (bicyclic) bond motifs is 1. The Kier molecular flexibility index (Phi) is 6.62. The maximum absolute atomic E-state index is 10.2. The van der Waals surface area contributed by atoms with E-state index in [4.69, 9.17) is 5.73 Å². The molecular weight excluding hydrogens is 413 g/mol. The van der Waals surface area contributed by atoms with Crippen molar-refractivity contribution in [3.63, 3.8) is 0 Å². The maximum Gasteiger partial charge on any atom is 0.193 e. The molecule has 1 unspecified atom stereocenters. The average Bonchev–Trinajstić information content (AvgIpc) is 3.01. The molecule has 24 heavy (non-hydrogen) atoms. The van der Waals surface area contributed by atoms with E-state index in [0.717, 1.165) is 17.7 Å². The number of nitrogens with one attached hydrogen (secondary N) is 1. The van der Waals surface area contributed by atoms with Crippen LogP contribution in [0.25, 0.3) is 0 Å². The Bertz CT molecular complexity index is 713. The third-order valence-corrected chi connectivity index (χ3v) is 4.27. The van der Waals surface area contributed by atoms with E-state index in [-0.39, 0.29) is 30.5 Å². The number of nitrogens with two attached hydrogens (primary N) is 1. The third-order valence-electron chi connectivity index (χ3n) is 4.27. The van der Waals surface area contributed by atoms with E-state index in [1.165, 1.54) is 29.5 Å². The lowest BCUT2D eigenvalue weighted by molar-refractivity contribution is 0.187. The summed E-state index contributed by atoms with van der Waals surface area (Å²) in [6, 6.07) is 14.1. The minimum atomic E-state index is -0.643. The molecule has 1 aliphatic carbocycles. The highest BCUT2D eigenvalue weighted by Crippen LogP contribution is 2.24. The summed E-state index contributed by atoms with van der Waals surface area (Å²) in [6.45, 7) is 2.26. The Labute approximate surface area is 160 Å². The molecule has 0 fully saturated rings. The van der Waals surface area contributed by atoms with Gasteiger partial charge in [-0.3, -0.25) is 4.99 Å². The summed E-state index contributed by atoms with van der Waals surface area (Å²) < 4.78 is 0. The summed E-state index contributed by atoms with van der Waals surface area (Å²) in [7, 11) is 0. The van der Waals surface area contributed by atoms with E-state index >= 15 is 0 Å². The number of rotatable bonds is 4. The molecule has 4 N–H and O–H groups in total. The first-order valence-electron chi connectivity index (χ1n) is 8.05. The lowest BCUT2D eigenvalue weighted by atomic mass is 10.1. The number of aryl methyl sites for hydroxylation is 3. The van der Waals surface area contributed by atoms with E-state index in [2.05, 4.69) is 22.4 Å². The number of aliphatic hydroxyl groups is 1. The molecule has 0 spiro atoms. The lowest BCUT2D eigenvalue weighted by Gasteiger charge is -2.11. The van der Waals surface area contributed by atoms with Crippen molar-refractivity contribution in [3.05, 3.63) is 64.7 Å². The number of benzene rings is 2. The van der Waals surface area contributed by atoms with Gasteiger partial charge in [0.2, 0.25) is 0 Å². The number of nitrogens with zero attached hydrogens (tertiary/aromatic N) is 1. The first-order valence-corrected chi connectivity index (χ1v) is 8.05.